The van der Waals surface area contributed by atoms with E-state index in [0.29, 0.717) is 13.1 Å². The highest BCUT2D eigenvalue weighted by Gasteiger charge is 2.10. The zero-order valence-corrected chi connectivity index (χ0v) is 16.0. The summed E-state index contributed by atoms with van der Waals surface area (Å²) >= 11 is 0. The Morgan fingerprint density at radius 3 is 1.82 bits per heavy atom. The summed E-state index contributed by atoms with van der Waals surface area (Å²) in [5.41, 5.74) is 3.45. The molecule has 2 aromatic carbocycles. The van der Waals surface area contributed by atoms with Crippen LogP contribution in [0.2, 0.25) is 0 Å². The predicted molar refractivity (Wildman–Crippen MR) is 108 cm³/mol. The maximum Gasteiger partial charge on any atom is 0.335 e. The monoisotopic (exact) mass is 381 g/mol. The molecule has 3 N–H and O–H groups in total. The van der Waals surface area contributed by atoms with Gasteiger partial charge in [-0.2, -0.15) is 0 Å². The van der Waals surface area contributed by atoms with Crippen LogP contribution in [0.4, 0.5) is 4.79 Å². The highest BCUT2D eigenvalue weighted by molar-refractivity contribution is 5.87. The number of aromatic carboxylic acids is 1. The van der Waals surface area contributed by atoms with Crippen molar-refractivity contribution in [2.45, 2.75) is 38.9 Å². The largest absolute Gasteiger partial charge is 0.478 e. The fourth-order valence-electron chi connectivity index (χ4n) is 3.33. The number of carbonyl (C=O) groups excluding carboxylic acids is 1. The summed E-state index contributed by atoms with van der Waals surface area (Å²) in [4.78, 5) is 25.3. The number of amides is 2. The quantitative estimate of drug-likeness (QED) is 0.687. The highest BCUT2D eigenvalue weighted by Crippen LogP contribution is 2.13. The minimum atomic E-state index is -0.959. The Hall–Kier alpha value is -2.86. The lowest BCUT2D eigenvalue weighted by Gasteiger charge is -2.26. The molecule has 0 radical (unpaired) electrons. The number of rotatable bonds is 7. The topological polar surface area (TPSA) is 81.7 Å². The molecule has 0 unspecified atom stereocenters. The van der Waals surface area contributed by atoms with Gasteiger partial charge in [-0.25, -0.2) is 9.59 Å². The van der Waals surface area contributed by atoms with Crippen LogP contribution in [-0.4, -0.2) is 35.1 Å². The standard InChI is InChI=1S/C22H27N3O3/c26-21(27)20-10-8-18(9-11-20)15-24-22(28)23-14-17-4-6-19(7-5-17)16-25-12-2-1-3-13-25/h4-11H,1-3,12-16H2,(H,26,27)(H2,23,24,28). The van der Waals surface area contributed by atoms with Crippen molar-refractivity contribution >= 4 is 12.0 Å². The van der Waals surface area contributed by atoms with E-state index in [9.17, 15) is 9.59 Å². The number of carboxylic acid groups (broad SMARTS) is 1. The van der Waals surface area contributed by atoms with E-state index in [1.165, 1.54) is 50.0 Å². The number of piperidine rings is 1. The van der Waals surface area contributed by atoms with Gasteiger partial charge in [-0.15, -0.1) is 0 Å². The van der Waals surface area contributed by atoms with Crippen LogP contribution in [0.3, 0.4) is 0 Å². The van der Waals surface area contributed by atoms with E-state index in [2.05, 4.69) is 39.8 Å². The van der Waals surface area contributed by atoms with E-state index >= 15 is 0 Å². The van der Waals surface area contributed by atoms with Crippen molar-refractivity contribution in [1.82, 2.24) is 15.5 Å². The molecule has 0 bridgehead atoms. The van der Waals surface area contributed by atoms with Gasteiger partial charge in [0.2, 0.25) is 0 Å². The SMILES string of the molecule is O=C(NCc1ccc(CN2CCCCC2)cc1)NCc1ccc(C(=O)O)cc1. The van der Waals surface area contributed by atoms with Gasteiger partial charge < -0.3 is 15.7 Å². The molecule has 28 heavy (non-hydrogen) atoms. The minimum absolute atomic E-state index is 0.233. The van der Waals surface area contributed by atoms with Gasteiger partial charge in [0, 0.05) is 19.6 Å². The molecule has 6 heteroatoms. The normalized spacial score (nSPS) is 14.4. The molecule has 6 nitrogen and oxygen atoms in total. The van der Waals surface area contributed by atoms with E-state index < -0.39 is 5.97 Å². The molecule has 0 aliphatic carbocycles. The van der Waals surface area contributed by atoms with Crippen molar-refractivity contribution < 1.29 is 14.7 Å². The highest BCUT2D eigenvalue weighted by atomic mass is 16.4. The number of hydrogen-bond donors (Lipinski definition) is 3. The molecule has 1 aliphatic rings. The zero-order chi connectivity index (χ0) is 19.8. The van der Waals surface area contributed by atoms with Crippen molar-refractivity contribution in [3.8, 4) is 0 Å². The number of carbonyl (C=O) groups is 2. The Balaban J connectivity index is 1.39. The minimum Gasteiger partial charge on any atom is -0.478 e. The number of hydrogen-bond acceptors (Lipinski definition) is 3. The van der Waals surface area contributed by atoms with Gasteiger partial charge in [-0.1, -0.05) is 42.8 Å². The molecule has 3 rings (SSSR count). The Kier molecular flexibility index (Phi) is 7.03. The zero-order valence-electron chi connectivity index (χ0n) is 16.0. The number of nitrogens with zero attached hydrogens (tertiary/aromatic N) is 1. The van der Waals surface area contributed by atoms with Gasteiger partial charge in [-0.3, -0.25) is 4.90 Å². The molecule has 0 saturated carbocycles. The van der Waals surface area contributed by atoms with Gasteiger partial charge >= 0.3 is 12.0 Å². The summed E-state index contributed by atoms with van der Waals surface area (Å²) in [5, 5.41) is 14.5. The third-order valence-electron chi connectivity index (χ3n) is 4.98. The molecular formula is C22H27N3O3. The van der Waals surface area contributed by atoms with E-state index in [0.717, 1.165) is 17.7 Å². The average molecular weight is 381 g/mol. The second-order valence-corrected chi connectivity index (χ2v) is 7.19. The number of benzene rings is 2. The summed E-state index contributed by atoms with van der Waals surface area (Å²) in [5.74, 6) is -0.959. The molecule has 0 atom stereocenters. The maximum atomic E-state index is 12.0. The molecule has 0 aromatic heterocycles. The Labute approximate surface area is 165 Å². The number of urea groups is 1. The van der Waals surface area contributed by atoms with Crippen molar-refractivity contribution in [3.63, 3.8) is 0 Å². The van der Waals surface area contributed by atoms with Crippen LogP contribution in [-0.2, 0) is 19.6 Å². The summed E-state index contributed by atoms with van der Waals surface area (Å²) < 4.78 is 0. The molecule has 2 aromatic rings. The van der Waals surface area contributed by atoms with Crippen molar-refractivity contribution in [1.29, 1.82) is 0 Å². The smallest absolute Gasteiger partial charge is 0.335 e. The fraction of sp³-hybridized carbons (Fsp3) is 0.364. The second kappa shape index (κ2) is 9.90. The van der Waals surface area contributed by atoms with Gasteiger partial charge in [0.15, 0.2) is 0 Å². The van der Waals surface area contributed by atoms with E-state index in [1.807, 2.05) is 0 Å². The number of likely N-dealkylation sites (tertiary alicyclic amines) is 1. The number of carboxylic acids is 1. The van der Waals surface area contributed by atoms with Gasteiger partial charge in [0.05, 0.1) is 5.56 Å². The summed E-state index contributed by atoms with van der Waals surface area (Å²) in [6.07, 6.45) is 3.93. The molecule has 1 heterocycles. The van der Waals surface area contributed by atoms with Gasteiger partial charge in [0.25, 0.3) is 0 Å². The lowest BCUT2D eigenvalue weighted by molar-refractivity contribution is 0.0697. The third-order valence-corrected chi connectivity index (χ3v) is 4.98. The van der Waals surface area contributed by atoms with Crippen LogP contribution in [0.5, 0.6) is 0 Å². The predicted octanol–water partition coefficient (Wildman–Crippen LogP) is 3.37. The molecule has 1 aliphatic heterocycles. The first kappa shape index (κ1) is 19.9. The lowest BCUT2D eigenvalue weighted by Crippen LogP contribution is -2.34. The maximum absolute atomic E-state index is 12.0. The Bertz CT molecular complexity index is 782. The molecule has 1 fully saturated rings. The summed E-state index contributed by atoms with van der Waals surface area (Å²) in [6, 6.07) is 14.6. The lowest BCUT2D eigenvalue weighted by atomic mass is 10.1. The molecule has 2 amide bonds. The van der Waals surface area contributed by atoms with Crippen LogP contribution < -0.4 is 10.6 Å². The van der Waals surface area contributed by atoms with Crippen molar-refractivity contribution in [2.75, 3.05) is 13.1 Å². The summed E-state index contributed by atoms with van der Waals surface area (Å²) in [7, 11) is 0. The second-order valence-electron chi connectivity index (χ2n) is 7.19. The van der Waals surface area contributed by atoms with Gasteiger partial charge in [-0.05, 0) is 54.8 Å². The number of nitrogens with one attached hydrogen (secondary N) is 2. The van der Waals surface area contributed by atoms with Gasteiger partial charge in [0.1, 0.15) is 0 Å². The fourth-order valence-corrected chi connectivity index (χ4v) is 3.33. The molecule has 0 spiro atoms. The van der Waals surface area contributed by atoms with Crippen molar-refractivity contribution in [2.24, 2.45) is 0 Å². The van der Waals surface area contributed by atoms with Crippen LogP contribution >= 0.6 is 0 Å². The molecule has 1 saturated heterocycles. The first-order valence-electron chi connectivity index (χ1n) is 9.74. The van der Waals surface area contributed by atoms with E-state index in [1.54, 1.807) is 12.1 Å². The van der Waals surface area contributed by atoms with Crippen LogP contribution in [0.1, 0.15) is 46.3 Å². The summed E-state index contributed by atoms with van der Waals surface area (Å²) in [6.45, 7) is 4.17. The Morgan fingerprint density at radius 1 is 0.786 bits per heavy atom. The first-order valence-corrected chi connectivity index (χ1v) is 9.74. The van der Waals surface area contributed by atoms with Crippen LogP contribution in [0, 0.1) is 0 Å². The first-order chi connectivity index (χ1) is 13.6. The third kappa shape index (κ3) is 6.09. The molecular weight excluding hydrogens is 354 g/mol. The molecule has 148 valence electrons. The Morgan fingerprint density at radius 2 is 1.29 bits per heavy atom. The van der Waals surface area contributed by atoms with E-state index in [4.69, 9.17) is 5.11 Å². The van der Waals surface area contributed by atoms with E-state index in [-0.39, 0.29) is 11.6 Å². The van der Waals surface area contributed by atoms with Crippen LogP contribution in [0.15, 0.2) is 48.5 Å². The van der Waals surface area contributed by atoms with Crippen molar-refractivity contribution in [3.05, 3.63) is 70.8 Å². The average Bonchev–Trinajstić information content (AvgIpc) is 2.73. The van der Waals surface area contributed by atoms with Crippen LogP contribution in [0.25, 0.3) is 0 Å².